The number of aromatic nitrogens is 1. The molecule has 0 saturated carbocycles. The van der Waals surface area contributed by atoms with Crippen LogP contribution in [0.1, 0.15) is 40.8 Å². The minimum atomic E-state index is -3.48. The molecule has 84 valence electrons. The highest BCUT2D eigenvalue weighted by molar-refractivity contribution is 5.79. The van der Waals surface area contributed by atoms with E-state index in [0.29, 0.717) is 0 Å². The largest absolute Gasteiger partial charge is 0.356 e. The summed E-state index contributed by atoms with van der Waals surface area (Å²) >= 11 is 0. The Bertz CT molecular complexity index is 961. The molecule has 3 nitrogen and oxygen atoms in total. The summed E-state index contributed by atoms with van der Waals surface area (Å²) < 4.78 is 114. The van der Waals surface area contributed by atoms with E-state index in [4.69, 9.17) is 21.0 Å². The van der Waals surface area contributed by atoms with Gasteiger partial charge in [-0.1, -0.05) is 5.16 Å². The van der Waals surface area contributed by atoms with Crippen LogP contribution < -0.4 is 5.32 Å². The van der Waals surface area contributed by atoms with Crippen LogP contribution >= 0.6 is 0 Å². The van der Waals surface area contributed by atoms with E-state index in [1.165, 1.54) is 0 Å². The van der Waals surface area contributed by atoms with Gasteiger partial charge in [-0.3, -0.25) is 0 Å². The Hall–Kier alpha value is -1.42. The van der Waals surface area contributed by atoms with Crippen molar-refractivity contribution in [1.29, 1.82) is 0 Å². The Morgan fingerprint density at radius 2 is 2.38 bits per heavy atom. The number of nitrogens with one attached hydrogen (secondary N) is 1. The lowest BCUT2D eigenvalue weighted by molar-refractivity contribution is 0.403. The monoisotopic (exact) mass is 232 g/mol. The zero-order valence-electron chi connectivity index (χ0n) is 19.7. The molecule has 0 aliphatic carbocycles. The maximum atomic E-state index is 13.9. The first-order valence-electron chi connectivity index (χ1n) is 10.3. The average Bonchev–Trinajstić information content (AvgIpc) is 3.00. The third kappa shape index (κ3) is 1.59. The van der Waals surface area contributed by atoms with Gasteiger partial charge in [0.1, 0.15) is 5.82 Å². The molecule has 0 radical (unpaired) electrons. The van der Waals surface area contributed by atoms with Gasteiger partial charge < -0.3 is 9.84 Å². The van der Waals surface area contributed by atoms with Gasteiger partial charge in [0, 0.05) is 29.7 Å². The molecule has 2 aromatic rings. The fourth-order valence-electron chi connectivity index (χ4n) is 1.28. The van der Waals surface area contributed by atoms with E-state index >= 15 is 0 Å². The predicted molar refractivity (Wildman–Crippen MR) is 58.8 cm³/mol. The second kappa shape index (κ2) is 3.87. The Balaban J connectivity index is 2.50. The number of nitrogens with zero attached hydrogens (tertiary/aromatic N) is 1. The van der Waals surface area contributed by atoms with Crippen molar-refractivity contribution in [2.24, 2.45) is 0 Å². The third-order valence-corrected chi connectivity index (χ3v) is 1.95. The van der Waals surface area contributed by atoms with Gasteiger partial charge in [0.25, 0.3) is 0 Å². The SMILES string of the molecule is [2H]c1c(F)c([2H])c2onc(C3([2H])C([2H])([2H])C([2H])([2H])NC([2H])([2H])C3([2H])[2H])c2c1[2H]. The second-order valence-electron chi connectivity index (χ2n) is 2.92. The smallest absolute Gasteiger partial charge is 0.170 e. The average molecular weight is 232 g/mol. The number of rotatable bonds is 1. The first kappa shape index (κ1) is 3.29. The molecule has 0 unspecified atom stereocenters. The van der Waals surface area contributed by atoms with Gasteiger partial charge in [-0.05, 0) is 37.8 Å². The lowest BCUT2D eigenvalue weighted by Crippen LogP contribution is -2.26. The summed E-state index contributed by atoms with van der Waals surface area (Å²) in [7, 11) is 0. The van der Waals surface area contributed by atoms with Crippen molar-refractivity contribution in [3.05, 3.63) is 29.6 Å². The topological polar surface area (TPSA) is 38.1 Å². The van der Waals surface area contributed by atoms with Crippen molar-refractivity contribution in [2.75, 3.05) is 13.0 Å². The molecular formula is C12H13FN2O. The predicted octanol–water partition coefficient (Wildman–Crippen LogP) is 2.43. The Labute approximate surface area is 109 Å². The molecule has 0 spiro atoms. The Morgan fingerprint density at radius 1 is 1.56 bits per heavy atom. The molecule has 16 heavy (non-hydrogen) atoms. The summed E-state index contributed by atoms with van der Waals surface area (Å²) in [6, 6.07) is -3.11. The second-order valence-corrected chi connectivity index (χ2v) is 2.92. The minimum Gasteiger partial charge on any atom is -0.356 e. The summed E-state index contributed by atoms with van der Waals surface area (Å²) in [5, 5.41) is 4.18. The zero-order valence-corrected chi connectivity index (χ0v) is 7.73. The van der Waals surface area contributed by atoms with Crippen LogP contribution in [0.5, 0.6) is 0 Å². The molecule has 1 fully saturated rings. The zero-order chi connectivity index (χ0) is 21.7. The molecule has 4 heteroatoms. The lowest BCUT2D eigenvalue weighted by Gasteiger charge is -2.20. The molecule has 1 aromatic carbocycles. The fourth-order valence-corrected chi connectivity index (χ4v) is 1.28. The number of hydrogen-bond donors (Lipinski definition) is 1. The highest BCUT2D eigenvalue weighted by Crippen LogP contribution is 2.30. The molecule has 2 heterocycles. The fraction of sp³-hybridized carbons (Fsp3) is 0.417. The Morgan fingerprint density at radius 3 is 3.19 bits per heavy atom. The molecule has 1 saturated heterocycles. The van der Waals surface area contributed by atoms with Crippen molar-refractivity contribution >= 4 is 11.0 Å². The van der Waals surface area contributed by atoms with Gasteiger partial charge in [0.05, 0.1) is 9.81 Å². The van der Waals surface area contributed by atoms with Crippen LogP contribution in [0, 0.1) is 5.82 Å². The van der Waals surface area contributed by atoms with Crippen molar-refractivity contribution in [3.63, 3.8) is 0 Å². The number of piperidine rings is 1. The number of fused-ring (bicyclic) bond motifs is 1. The summed E-state index contributed by atoms with van der Waals surface area (Å²) in [6.07, 6.45) is -6.96. The Kier molecular flexibility index (Phi) is 0.795. The summed E-state index contributed by atoms with van der Waals surface area (Å²) in [5.74, 6) is -4.89. The van der Waals surface area contributed by atoms with Crippen LogP contribution in [0.3, 0.4) is 0 Å². The van der Waals surface area contributed by atoms with Crippen LogP contribution in [0.4, 0.5) is 4.39 Å². The third-order valence-electron chi connectivity index (χ3n) is 1.95. The highest BCUT2D eigenvalue weighted by atomic mass is 19.1. The van der Waals surface area contributed by atoms with Crippen LogP contribution in [0.25, 0.3) is 11.0 Å². The van der Waals surface area contributed by atoms with Gasteiger partial charge in [-0.15, -0.1) is 0 Å². The van der Waals surface area contributed by atoms with Crippen LogP contribution in [-0.2, 0) is 0 Å². The van der Waals surface area contributed by atoms with Crippen LogP contribution in [0.15, 0.2) is 22.7 Å². The van der Waals surface area contributed by atoms with E-state index in [9.17, 15) is 4.39 Å². The van der Waals surface area contributed by atoms with E-state index in [1.807, 2.05) is 0 Å². The molecule has 1 aromatic heterocycles. The molecule has 0 bridgehead atoms. The number of benzene rings is 1. The van der Waals surface area contributed by atoms with Crippen molar-refractivity contribution in [3.8, 4) is 0 Å². The van der Waals surface area contributed by atoms with E-state index in [2.05, 4.69) is 5.16 Å². The number of hydrogen-bond acceptors (Lipinski definition) is 3. The van der Waals surface area contributed by atoms with E-state index < -0.39 is 72.2 Å². The van der Waals surface area contributed by atoms with Crippen molar-refractivity contribution in [1.82, 2.24) is 10.5 Å². The standard InChI is InChI=1S/C12H13FN2O/c13-9-1-2-10-11(7-9)16-15-12(10)8-3-5-14-6-4-8/h1-2,7-8,14H,3-6H2/i1D,2D,3D2,4D2,5D2,6D2,7D,8D. The molecule has 0 amide bonds. The molecule has 1 N–H and O–H groups in total. The van der Waals surface area contributed by atoms with Gasteiger partial charge in [-0.25, -0.2) is 4.39 Å². The van der Waals surface area contributed by atoms with Crippen LogP contribution in [-0.4, -0.2) is 18.2 Å². The molecule has 0 atom stereocenters. The van der Waals surface area contributed by atoms with Gasteiger partial charge in [0.2, 0.25) is 0 Å². The maximum Gasteiger partial charge on any atom is 0.170 e. The molecular weight excluding hydrogens is 207 g/mol. The van der Waals surface area contributed by atoms with Gasteiger partial charge in [-0.2, -0.15) is 0 Å². The number of halogens is 1. The van der Waals surface area contributed by atoms with E-state index in [1.54, 1.807) is 5.32 Å². The summed E-state index contributed by atoms with van der Waals surface area (Å²) in [6.45, 7) is -6.55. The molecule has 3 rings (SSSR count). The lowest BCUT2D eigenvalue weighted by atomic mass is 9.93. The van der Waals surface area contributed by atoms with Gasteiger partial charge in [0.15, 0.2) is 5.58 Å². The first-order chi connectivity index (χ1) is 12.5. The van der Waals surface area contributed by atoms with Crippen molar-refractivity contribution < 1.29 is 25.4 Å². The van der Waals surface area contributed by atoms with Gasteiger partial charge >= 0.3 is 0 Å². The van der Waals surface area contributed by atoms with E-state index in [-0.39, 0.29) is 0 Å². The maximum absolute atomic E-state index is 13.9. The van der Waals surface area contributed by atoms with Crippen molar-refractivity contribution in [2.45, 2.75) is 18.6 Å². The molecule has 1 aliphatic heterocycles. The highest BCUT2D eigenvalue weighted by Gasteiger charge is 2.21. The minimum absolute atomic E-state index is 0.729. The normalized spacial score (nSPS) is 43.6. The summed E-state index contributed by atoms with van der Waals surface area (Å²) in [5.41, 5.74) is -1.80. The van der Waals surface area contributed by atoms with Crippen LogP contribution in [0.2, 0.25) is 0 Å². The molecule has 1 aliphatic rings. The summed E-state index contributed by atoms with van der Waals surface area (Å²) in [4.78, 5) is 0. The quantitative estimate of drug-likeness (QED) is 0.820. The first-order valence-corrected chi connectivity index (χ1v) is 4.30. The van der Waals surface area contributed by atoms with E-state index in [0.717, 1.165) is 0 Å².